The summed E-state index contributed by atoms with van der Waals surface area (Å²) in [5.74, 6) is 0.139. The normalized spacial score (nSPS) is 20.4. The van der Waals surface area contributed by atoms with Crippen molar-refractivity contribution >= 4 is 68.9 Å². The van der Waals surface area contributed by atoms with Crippen molar-refractivity contribution in [2.24, 2.45) is 0 Å². The highest BCUT2D eigenvalue weighted by molar-refractivity contribution is 7.94. The van der Waals surface area contributed by atoms with Gasteiger partial charge in [-0.2, -0.15) is 16.8 Å². The third-order valence-electron chi connectivity index (χ3n) is 12.7. The fourth-order valence-corrected chi connectivity index (χ4v) is 12.6. The Hall–Kier alpha value is -4.12. The number of unbranched alkanes of at least 4 members (excludes halogenated alkanes) is 2. The Morgan fingerprint density at radius 3 is 1.55 bits per heavy atom. The van der Waals surface area contributed by atoms with Crippen LogP contribution < -0.4 is 9.80 Å². The molecule has 3 aliphatic rings. The van der Waals surface area contributed by atoms with Crippen LogP contribution in [-0.2, 0) is 60.0 Å². The molecule has 1 saturated carbocycles. The lowest BCUT2D eigenvalue weighted by molar-refractivity contribution is -0.432. The van der Waals surface area contributed by atoms with Crippen molar-refractivity contribution in [2.45, 2.75) is 98.7 Å². The lowest BCUT2D eigenvalue weighted by atomic mass is 9.83. The summed E-state index contributed by atoms with van der Waals surface area (Å²) < 4.78 is 118. The van der Waals surface area contributed by atoms with Gasteiger partial charge in [-0.15, -0.1) is 8.31 Å². The summed E-state index contributed by atoms with van der Waals surface area (Å²) in [5, 5.41) is 12.3. The Morgan fingerprint density at radius 1 is 0.672 bits per heavy atom. The largest absolute Gasteiger partial charge is 0.395 e. The smallest absolute Gasteiger partial charge is 0.344 e. The van der Waals surface area contributed by atoms with E-state index in [2.05, 4.69) is 14.3 Å². The number of allylic oxidation sites excluding steroid dienone is 8. The minimum Gasteiger partial charge on any atom is -0.344 e. The number of fused-ring (bicyclic) bond motifs is 2. The van der Waals surface area contributed by atoms with Crippen molar-refractivity contribution in [1.82, 2.24) is 0 Å². The van der Waals surface area contributed by atoms with E-state index in [1.165, 1.54) is 10.2 Å². The van der Waals surface area contributed by atoms with Gasteiger partial charge in [0.1, 0.15) is 4.90 Å². The first-order chi connectivity index (χ1) is 31.2. The van der Waals surface area contributed by atoms with Crippen molar-refractivity contribution in [1.29, 1.82) is 0 Å². The summed E-state index contributed by atoms with van der Waals surface area (Å²) in [6, 6.07) is 16.8. The minimum atomic E-state index is -4.18. The van der Waals surface area contributed by atoms with Crippen LogP contribution in [0.2, 0.25) is 0 Å². The molecule has 6 rings (SSSR count). The van der Waals surface area contributed by atoms with Gasteiger partial charge in [-0.05, 0) is 117 Å². The Labute approximate surface area is 400 Å². The Morgan fingerprint density at radius 2 is 1.12 bits per heavy atom. The molecule has 67 heavy (non-hydrogen) atoms. The van der Waals surface area contributed by atoms with Crippen LogP contribution in [0.4, 0.5) is 11.4 Å². The molecular weight excluding hydrogens is 959 g/mol. The monoisotopic (exact) mass is 1020 g/mol. The quantitative estimate of drug-likeness (QED) is 0.0309. The molecule has 0 radical (unpaired) electrons. The molecule has 3 aromatic rings. The Kier molecular flexibility index (Phi) is 15.7. The molecule has 0 unspecified atom stereocenters. The number of aryl methyl sites for hydroxylation is 1. The standard InChI is InChI=1S/C47H59N3O12S5/c1-33-13-19-36(20-14-33)67(59,60)48(6)45-34(17-25-43-46(2,3)39-31-37(64(7,52)53)21-23-41(39)49(43)27-9-11-29-63-62-61-51)15-16-35(45)18-26-44-47(4,5)40-32-38(65(8,54)55)22-24-42(40)50(44)28-10-12-30-66(56,57)58/h13-14,17-26,31-32H,9-12,15-16,27-30H2,1-8H3,(H-,51,56,57,58)/p+1. The summed E-state index contributed by atoms with van der Waals surface area (Å²) in [6.07, 6.45) is 13.1. The molecule has 1 fully saturated rings. The van der Waals surface area contributed by atoms with Gasteiger partial charge in [0.2, 0.25) is 5.71 Å². The van der Waals surface area contributed by atoms with E-state index in [0.29, 0.717) is 56.7 Å². The van der Waals surface area contributed by atoms with E-state index >= 15 is 0 Å². The maximum atomic E-state index is 14.5. The molecule has 1 aliphatic carbocycles. The second-order valence-electron chi connectivity index (χ2n) is 18.2. The van der Waals surface area contributed by atoms with Gasteiger partial charge < -0.3 is 9.80 Å². The molecule has 20 heteroatoms. The van der Waals surface area contributed by atoms with Gasteiger partial charge in [-0.3, -0.25) is 4.55 Å². The number of hydrogen-bond donors (Lipinski definition) is 2. The SMILES string of the molecule is Cc1ccc(S(=O)(=O)/[N+](C)=C2C(=C/C=C3/N(CCCCSOOO)c4ccc(S(C)(=O)=O)cc4C3(C)C)/CCC/2=C\C=C2\N(CCCCS(=O)(=O)O)c3ccc(S(C)(=O)=O)cc3C2(C)C)cc1. The molecule has 2 heterocycles. The fourth-order valence-electron chi connectivity index (χ4n) is 9.08. The molecule has 15 nitrogen and oxygen atoms in total. The van der Waals surface area contributed by atoms with Crippen LogP contribution in [0.5, 0.6) is 0 Å². The second-order valence-corrected chi connectivity index (χ2v) is 26.6. The van der Waals surface area contributed by atoms with E-state index < -0.39 is 56.4 Å². The molecule has 0 spiro atoms. The molecule has 0 saturated heterocycles. The van der Waals surface area contributed by atoms with Gasteiger partial charge in [0.05, 0.1) is 15.5 Å². The second kappa shape index (κ2) is 20.1. The number of nitrogens with zero attached hydrogens (tertiary/aromatic N) is 3. The van der Waals surface area contributed by atoms with Crippen LogP contribution in [0.1, 0.15) is 82.9 Å². The number of benzene rings is 3. The average molecular weight is 1020 g/mol. The summed E-state index contributed by atoms with van der Waals surface area (Å²) in [7, 11) is -13.8. The first-order valence-corrected chi connectivity index (χ1v) is 29.5. The van der Waals surface area contributed by atoms with Crippen LogP contribution >= 0.6 is 12.0 Å². The van der Waals surface area contributed by atoms with E-state index in [0.717, 1.165) is 68.9 Å². The van der Waals surface area contributed by atoms with Crippen molar-refractivity contribution in [3.8, 4) is 0 Å². The highest BCUT2D eigenvalue weighted by Crippen LogP contribution is 2.50. The lowest BCUT2D eigenvalue weighted by Crippen LogP contribution is -2.28. The minimum absolute atomic E-state index is 0.120. The Bertz CT molecular complexity index is 3030. The van der Waals surface area contributed by atoms with E-state index in [4.69, 9.17) is 5.26 Å². The number of anilines is 2. The topological polar surface area (TPSA) is 205 Å². The van der Waals surface area contributed by atoms with Crippen molar-refractivity contribution in [2.75, 3.05) is 54.0 Å². The van der Waals surface area contributed by atoms with Crippen molar-refractivity contribution < 1.29 is 56.8 Å². The highest BCUT2D eigenvalue weighted by Gasteiger charge is 2.43. The molecular formula is C47H60N3O12S5+. The van der Waals surface area contributed by atoms with Crippen LogP contribution in [0.15, 0.2) is 122 Å². The van der Waals surface area contributed by atoms with Gasteiger partial charge in [0.15, 0.2) is 26.7 Å². The predicted octanol–water partition coefficient (Wildman–Crippen LogP) is 8.10. The van der Waals surface area contributed by atoms with Crippen molar-refractivity contribution in [3.05, 3.63) is 124 Å². The fraction of sp³-hybridized carbons (Fsp3) is 0.426. The maximum absolute atomic E-state index is 14.5. The van der Waals surface area contributed by atoms with Crippen LogP contribution in [0.25, 0.3) is 0 Å². The summed E-state index contributed by atoms with van der Waals surface area (Å²) in [5.41, 5.74) is 6.37. The van der Waals surface area contributed by atoms with Gasteiger partial charge in [-0.1, -0.05) is 62.6 Å². The molecule has 0 aromatic heterocycles. The summed E-state index contributed by atoms with van der Waals surface area (Å²) in [6.45, 7) is 10.8. The van der Waals surface area contributed by atoms with E-state index in [-0.39, 0.29) is 21.1 Å². The molecule has 2 aliphatic heterocycles. The van der Waals surface area contributed by atoms with Gasteiger partial charge >= 0.3 is 10.0 Å². The third-order valence-corrected chi connectivity index (χ3v) is 18.1. The van der Waals surface area contributed by atoms with Gasteiger partial charge in [-0.25, -0.2) is 22.1 Å². The summed E-state index contributed by atoms with van der Waals surface area (Å²) >= 11 is 0.972. The van der Waals surface area contributed by atoms with Crippen LogP contribution in [-0.4, -0.2) is 97.3 Å². The zero-order valence-electron chi connectivity index (χ0n) is 39.0. The summed E-state index contributed by atoms with van der Waals surface area (Å²) in [4.78, 5) is 4.67. The van der Waals surface area contributed by atoms with Gasteiger partial charge in [0, 0.05) is 88.1 Å². The molecule has 2 N–H and O–H groups in total. The number of sulfone groups is 2. The Balaban J connectivity index is 1.49. The number of sulfonamides is 1. The van der Waals surface area contributed by atoms with Crippen LogP contribution in [0.3, 0.4) is 0 Å². The van der Waals surface area contributed by atoms with E-state index in [9.17, 15) is 38.2 Å². The third kappa shape index (κ3) is 11.5. The molecule has 0 bridgehead atoms. The lowest BCUT2D eigenvalue weighted by Gasteiger charge is -2.27. The zero-order chi connectivity index (χ0) is 49.3. The molecule has 0 amide bonds. The maximum Gasteiger partial charge on any atom is 0.395 e. The predicted molar refractivity (Wildman–Crippen MR) is 263 cm³/mol. The van der Waals surface area contributed by atoms with E-state index in [1.807, 2.05) is 69.9 Å². The first-order valence-electron chi connectivity index (χ1n) is 21.7. The molecule has 364 valence electrons. The molecule has 3 aromatic carbocycles. The zero-order valence-corrected chi connectivity index (χ0v) is 43.1. The number of rotatable bonds is 18. The molecule has 0 atom stereocenters. The first kappa shape index (κ1) is 52.3. The highest BCUT2D eigenvalue weighted by atomic mass is 32.2. The average Bonchev–Trinajstić information content (AvgIpc) is 3.81. The number of hydrogen-bond acceptors (Lipinski definition) is 14. The van der Waals surface area contributed by atoms with Crippen molar-refractivity contribution in [3.63, 3.8) is 0 Å². The van der Waals surface area contributed by atoms with Gasteiger partial charge in [0.25, 0.3) is 10.1 Å². The van der Waals surface area contributed by atoms with E-state index in [1.54, 1.807) is 61.6 Å². The van der Waals surface area contributed by atoms with Crippen LogP contribution in [0, 0.1) is 6.92 Å².